The number of alkyl halides is 4. The maximum atomic E-state index is 11.6. The molecular formula is C26H34BrF3O7. The van der Waals surface area contributed by atoms with Gasteiger partial charge < -0.3 is 24.1 Å². The highest BCUT2D eigenvalue weighted by Gasteiger charge is 2.31. The highest BCUT2D eigenvalue weighted by Crippen LogP contribution is 2.25. The minimum absolute atomic E-state index is 0.100. The molecule has 0 spiro atoms. The third-order valence-corrected chi connectivity index (χ3v) is 4.52. The number of phenolic OH excluding ortho intramolecular Hbond substituents is 1. The van der Waals surface area contributed by atoms with Crippen molar-refractivity contribution in [3.05, 3.63) is 54.1 Å². The van der Waals surface area contributed by atoms with Gasteiger partial charge in [-0.3, -0.25) is 9.59 Å². The van der Waals surface area contributed by atoms with E-state index in [1.807, 2.05) is 38.1 Å². The van der Waals surface area contributed by atoms with Gasteiger partial charge in [0.1, 0.15) is 17.2 Å². The first-order valence-corrected chi connectivity index (χ1v) is 12.7. The number of hydrogen-bond donors (Lipinski definition) is 1. The molecule has 11 heteroatoms. The smallest absolute Gasteiger partial charge is 0.508 e. The zero-order valence-corrected chi connectivity index (χ0v) is 22.8. The molecule has 2 aromatic rings. The number of esters is 2. The van der Waals surface area contributed by atoms with Crippen molar-refractivity contribution in [2.45, 2.75) is 52.8 Å². The molecule has 0 aliphatic heterocycles. The van der Waals surface area contributed by atoms with Crippen LogP contribution in [0.15, 0.2) is 48.5 Å². The molecule has 2 aromatic carbocycles. The van der Waals surface area contributed by atoms with Gasteiger partial charge in [0.15, 0.2) is 0 Å². The van der Waals surface area contributed by atoms with Crippen LogP contribution in [0.5, 0.6) is 17.2 Å². The van der Waals surface area contributed by atoms with Crippen molar-refractivity contribution in [2.24, 2.45) is 0 Å². The van der Waals surface area contributed by atoms with Gasteiger partial charge in [-0.2, -0.15) is 0 Å². The van der Waals surface area contributed by atoms with Gasteiger partial charge in [0.25, 0.3) is 0 Å². The van der Waals surface area contributed by atoms with Crippen LogP contribution < -0.4 is 9.47 Å². The van der Waals surface area contributed by atoms with E-state index < -0.39 is 12.1 Å². The molecule has 208 valence electrons. The Morgan fingerprint density at radius 2 is 1.46 bits per heavy atom. The fourth-order valence-corrected chi connectivity index (χ4v) is 2.75. The first kappa shape index (κ1) is 34.1. The second-order valence-electron chi connectivity index (χ2n) is 7.22. The molecule has 0 bridgehead atoms. The quantitative estimate of drug-likeness (QED) is 0.175. The van der Waals surface area contributed by atoms with Gasteiger partial charge in [-0.05, 0) is 63.4 Å². The first-order chi connectivity index (χ1) is 17.5. The number of hydrogen-bond acceptors (Lipinski definition) is 7. The molecular weight excluding hydrogens is 561 g/mol. The van der Waals surface area contributed by atoms with E-state index in [1.54, 1.807) is 6.92 Å². The second kappa shape index (κ2) is 20.1. The number of halogens is 4. The molecule has 0 amide bonds. The molecule has 0 heterocycles. The number of rotatable bonds is 11. The Kier molecular flexibility index (Phi) is 18.5. The summed E-state index contributed by atoms with van der Waals surface area (Å²) < 4.78 is 53.2. The molecule has 0 unspecified atom stereocenters. The van der Waals surface area contributed by atoms with Crippen LogP contribution in [0, 0.1) is 6.92 Å². The lowest BCUT2D eigenvalue weighted by atomic mass is 10.2. The van der Waals surface area contributed by atoms with Crippen molar-refractivity contribution in [3.63, 3.8) is 0 Å². The summed E-state index contributed by atoms with van der Waals surface area (Å²) in [5, 5.41) is 9.63. The first-order valence-electron chi connectivity index (χ1n) is 11.6. The van der Waals surface area contributed by atoms with Crippen LogP contribution in [-0.2, 0) is 19.1 Å². The Morgan fingerprint density at radius 3 is 1.97 bits per heavy atom. The van der Waals surface area contributed by atoms with Crippen molar-refractivity contribution >= 4 is 27.9 Å². The van der Waals surface area contributed by atoms with Crippen molar-refractivity contribution < 1.29 is 46.8 Å². The average molecular weight is 595 g/mol. The van der Waals surface area contributed by atoms with Crippen LogP contribution in [0.2, 0.25) is 0 Å². The molecule has 37 heavy (non-hydrogen) atoms. The van der Waals surface area contributed by atoms with E-state index in [0.717, 1.165) is 29.6 Å². The molecule has 0 aromatic heterocycles. The maximum Gasteiger partial charge on any atom is 0.573 e. The summed E-state index contributed by atoms with van der Waals surface area (Å²) in [6.45, 7) is 7.11. The summed E-state index contributed by atoms with van der Waals surface area (Å²) in [4.78, 5) is 21.6. The van der Waals surface area contributed by atoms with Crippen LogP contribution in [0.4, 0.5) is 13.2 Å². The molecule has 0 saturated carbocycles. The highest BCUT2D eigenvalue weighted by molar-refractivity contribution is 9.09. The van der Waals surface area contributed by atoms with E-state index in [0.29, 0.717) is 39.1 Å². The largest absolute Gasteiger partial charge is 0.573 e. The monoisotopic (exact) mass is 594 g/mol. The van der Waals surface area contributed by atoms with Crippen molar-refractivity contribution in [1.29, 1.82) is 0 Å². The third-order valence-electron chi connectivity index (χ3n) is 3.96. The molecule has 0 aliphatic carbocycles. The van der Waals surface area contributed by atoms with E-state index in [4.69, 9.17) is 14.6 Å². The van der Waals surface area contributed by atoms with Gasteiger partial charge in [-0.25, -0.2) is 0 Å². The SMILES string of the molecule is CCOC(=O)CCCBr.CCOC(=O)CCCOc1cccc(C)c1.Oc1cccc(OC(F)(F)F)c1. The minimum Gasteiger partial charge on any atom is -0.508 e. The van der Waals surface area contributed by atoms with Crippen LogP contribution in [0.1, 0.15) is 45.1 Å². The fourth-order valence-electron chi connectivity index (χ4n) is 2.47. The lowest BCUT2D eigenvalue weighted by molar-refractivity contribution is -0.274. The van der Waals surface area contributed by atoms with Gasteiger partial charge in [0.2, 0.25) is 0 Å². The van der Waals surface area contributed by atoms with Crippen molar-refractivity contribution in [3.8, 4) is 17.2 Å². The zero-order valence-electron chi connectivity index (χ0n) is 21.2. The van der Waals surface area contributed by atoms with Gasteiger partial charge in [0, 0.05) is 24.2 Å². The van der Waals surface area contributed by atoms with Crippen molar-refractivity contribution in [2.75, 3.05) is 25.2 Å². The third kappa shape index (κ3) is 20.9. The Hall–Kier alpha value is -2.95. The molecule has 0 fully saturated rings. The number of phenols is 1. The minimum atomic E-state index is -4.71. The molecule has 0 radical (unpaired) electrons. The fraction of sp³-hybridized carbons (Fsp3) is 0.462. The van der Waals surface area contributed by atoms with E-state index in [1.165, 1.54) is 17.7 Å². The van der Waals surface area contributed by atoms with E-state index in [2.05, 4.69) is 25.4 Å². The normalized spacial score (nSPS) is 10.1. The number of ether oxygens (including phenoxy) is 4. The van der Waals surface area contributed by atoms with Crippen LogP contribution >= 0.6 is 15.9 Å². The van der Waals surface area contributed by atoms with Gasteiger partial charge >= 0.3 is 18.3 Å². The van der Waals surface area contributed by atoms with Crippen LogP contribution in [0.25, 0.3) is 0 Å². The number of carbonyl (C=O) groups excluding carboxylic acids is 2. The number of benzene rings is 2. The number of aryl methyl sites for hydroxylation is 1. The summed E-state index contributed by atoms with van der Waals surface area (Å²) in [5.41, 5.74) is 1.17. The van der Waals surface area contributed by atoms with Gasteiger partial charge in [-0.1, -0.05) is 34.1 Å². The molecule has 0 atom stereocenters. The molecule has 7 nitrogen and oxygen atoms in total. The highest BCUT2D eigenvalue weighted by atomic mass is 79.9. The predicted molar refractivity (Wildman–Crippen MR) is 137 cm³/mol. The molecule has 0 aliphatic rings. The Bertz CT molecular complexity index is 908. The summed E-state index contributed by atoms with van der Waals surface area (Å²) in [6, 6.07) is 12.4. The summed E-state index contributed by atoms with van der Waals surface area (Å²) in [7, 11) is 0. The molecule has 0 saturated heterocycles. The van der Waals surface area contributed by atoms with Gasteiger partial charge in [-0.15, -0.1) is 13.2 Å². The van der Waals surface area contributed by atoms with E-state index >= 15 is 0 Å². The van der Waals surface area contributed by atoms with E-state index in [-0.39, 0.29) is 17.7 Å². The van der Waals surface area contributed by atoms with Gasteiger partial charge in [0.05, 0.1) is 19.8 Å². The molecule has 1 N–H and O–H groups in total. The predicted octanol–water partition coefficient (Wildman–Crippen LogP) is 6.73. The van der Waals surface area contributed by atoms with E-state index in [9.17, 15) is 22.8 Å². The summed E-state index contributed by atoms with van der Waals surface area (Å²) in [6.07, 6.45) is -2.22. The van der Waals surface area contributed by atoms with Crippen LogP contribution in [-0.4, -0.2) is 48.6 Å². The lowest BCUT2D eigenvalue weighted by Crippen LogP contribution is -2.16. The molecule has 2 rings (SSSR count). The topological polar surface area (TPSA) is 91.3 Å². The number of aromatic hydroxyl groups is 1. The Morgan fingerprint density at radius 1 is 0.892 bits per heavy atom. The maximum absolute atomic E-state index is 11.6. The standard InChI is InChI=1S/C13H18O3.C7H5F3O2.C6H11BrO2/c1-3-15-13(14)8-5-9-16-12-7-4-6-11(2)10-12;8-7(9,10)12-6-3-1-2-5(11)4-6;1-2-9-6(8)4-3-5-7/h4,6-7,10H,3,5,8-9H2,1-2H3;1-4,11H;2-5H2,1H3. The Labute approximate surface area is 224 Å². The summed E-state index contributed by atoms with van der Waals surface area (Å²) >= 11 is 3.22. The summed E-state index contributed by atoms with van der Waals surface area (Å²) in [5.74, 6) is -0.101. The zero-order chi connectivity index (χ0) is 28.1. The lowest BCUT2D eigenvalue weighted by Gasteiger charge is -2.07. The average Bonchev–Trinajstić information content (AvgIpc) is 2.81. The number of carbonyl (C=O) groups is 2. The second-order valence-corrected chi connectivity index (χ2v) is 8.01. The Balaban J connectivity index is 0.000000550. The van der Waals surface area contributed by atoms with Crippen LogP contribution in [0.3, 0.4) is 0 Å². The van der Waals surface area contributed by atoms with Crippen molar-refractivity contribution in [1.82, 2.24) is 0 Å².